The van der Waals surface area contributed by atoms with Gasteiger partial charge in [0.05, 0.1) is 16.3 Å². The van der Waals surface area contributed by atoms with Crippen LogP contribution in [0.15, 0.2) is 101 Å². The van der Waals surface area contributed by atoms with Gasteiger partial charge in [0, 0.05) is 4.90 Å². The summed E-state index contributed by atoms with van der Waals surface area (Å²) < 4.78 is 13.0. The van der Waals surface area contributed by atoms with Crippen molar-refractivity contribution in [3.05, 3.63) is 96.7 Å². The van der Waals surface area contributed by atoms with Crippen LogP contribution in [0.4, 0.5) is 0 Å². The standard InChI is InChI=1S/C24H20N2O3S/c1-18-23(30-21-15-9-4-10-16-21)24(26(25-18)19-11-5-2-6-12-19)29-22(27)17-28-20-13-7-3-8-14-20/h2-16H,17H2,1H3. The second-order valence-electron chi connectivity index (χ2n) is 6.46. The Hall–Kier alpha value is -3.51. The number of benzene rings is 3. The van der Waals surface area contributed by atoms with Crippen molar-refractivity contribution < 1.29 is 14.3 Å². The maximum Gasteiger partial charge on any atom is 0.350 e. The van der Waals surface area contributed by atoms with E-state index >= 15 is 0 Å². The van der Waals surface area contributed by atoms with Crippen LogP contribution in [-0.4, -0.2) is 22.4 Å². The molecule has 0 aliphatic carbocycles. The van der Waals surface area contributed by atoms with Gasteiger partial charge in [0.2, 0.25) is 5.88 Å². The Balaban J connectivity index is 1.62. The minimum atomic E-state index is -0.495. The summed E-state index contributed by atoms with van der Waals surface area (Å²) in [6.45, 7) is 1.71. The zero-order valence-electron chi connectivity index (χ0n) is 16.4. The highest BCUT2D eigenvalue weighted by Crippen LogP contribution is 2.39. The van der Waals surface area contributed by atoms with Gasteiger partial charge in [0.25, 0.3) is 0 Å². The largest absolute Gasteiger partial charge is 0.482 e. The lowest BCUT2D eigenvalue weighted by atomic mass is 10.3. The van der Waals surface area contributed by atoms with Gasteiger partial charge in [-0.15, -0.1) is 0 Å². The molecule has 0 atom stereocenters. The zero-order chi connectivity index (χ0) is 20.8. The first-order chi connectivity index (χ1) is 14.7. The lowest BCUT2D eigenvalue weighted by Crippen LogP contribution is -2.19. The van der Waals surface area contributed by atoms with E-state index in [2.05, 4.69) is 5.10 Å². The van der Waals surface area contributed by atoms with Crippen LogP contribution in [0.25, 0.3) is 5.69 Å². The van der Waals surface area contributed by atoms with Crippen LogP contribution in [0.5, 0.6) is 11.6 Å². The summed E-state index contributed by atoms with van der Waals surface area (Å²) in [7, 11) is 0. The number of aryl methyl sites for hydroxylation is 1. The Kier molecular flexibility index (Phi) is 6.15. The lowest BCUT2D eigenvalue weighted by molar-refractivity contribution is -0.137. The van der Waals surface area contributed by atoms with E-state index in [9.17, 15) is 4.79 Å². The fourth-order valence-electron chi connectivity index (χ4n) is 2.85. The quantitative estimate of drug-likeness (QED) is 0.382. The van der Waals surface area contributed by atoms with Gasteiger partial charge in [-0.1, -0.05) is 66.4 Å². The molecule has 0 amide bonds. The molecule has 4 rings (SSSR count). The molecule has 0 N–H and O–H groups in total. The molecule has 30 heavy (non-hydrogen) atoms. The van der Waals surface area contributed by atoms with E-state index in [0.717, 1.165) is 21.2 Å². The first kappa shape index (κ1) is 19.8. The number of esters is 1. The summed E-state index contributed by atoms with van der Waals surface area (Å²) in [6, 6.07) is 28.7. The number of hydrogen-bond acceptors (Lipinski definition) is 5. The molecular formula is C24H20N2O3S. The minimum Gasteiger partial charge on any atom is -0.482 e. The van der Waals surface area contributed by atoms with Gasteiger partial charge in [-0.05, 0) is 43.3 Å². The van der Waals surface area contributed by atoms with E-state index in [1.54, 1.807) is 16.8 Å². The van der Waals surface area contributed by atoms with Gasteiger partial charge < -0.3 is 9.47 Å². The van der Waals surface area contributed by atoms with Crippen LogP contribution >= 0.6 is 11.8 Å². The van der Waals surface area contributed by atoms with Crippen LogP contribution < -0.4 is 9.47 Å². The molecule has 0 radical (unpaired) electrons. The molecular weight excluding hydrogens is 396 g/mol. The molecule has 0 saturated heterocycles. The number of rotatable bonds is 7. The van der Waals surface area contributed by atoms with Crippen LogP contribution in [0.3, 0.4) is 0 Å². The smallest absolute Gasteiger partial charge is 0.350 e. The second-order valence-corrected chi connectivity index (χ2v) is 7.54. The van der Waals surface area contributed by atoms with E-state index in [1.165, 1.54) is 11.8 Å². The molecule has 1 aromatic heterocycles. The second kappa shape index (κ2) is 9.33. The molecule has 1 heterocycles. The van der Waals surface area contributed by atoms with Gasteiger partial charge >= 0.3 is 5.97 Å². The van der Waals surface area contributed by atoms with Crippen molar-refractivity contribution in [2.75, 3.05) is 6.61 Å². The van der Waals surface area contributed by atoms with E-state index in [4.69, 9.17) is 9.47 Å². The monoisotopic (exact) mass is 416 g/mol. The highest BCUT2D eigenvalue weighted by Gasteiger charge is 2.22. The van der Waals surface area contributed by atoms with Crippen molar-refractivity contribution in [3.8, 4) is 17.3 Å². The molecule has 6 heteroatoms. The predicted octanol–water partition coefficient (Wildman–Crippen LogP) is 5.32. The van der Waals surface area contributed by atoms with Crippen molar-refractivity contribution in [1.29, 1.82) is 0 Å². The van der Waals surface area contributed by atoms with Gasteiger partial charge in [-0.25, -0.2) is 4.79 Å². The highest BCUT2D eigenvalue weighted by molar-refractivity contribution is 7.99. The molecule has 4 aromatic rings. The third-order valence-electron chi connectivity index (χ3n) is 4.24. The SMILES string of the molecule is Cc1nn(-c2ccccc2)c(OC(=O)COc2ccccc2)c1Sc1ccccc1. The Bertz CT molecular complexity index is 1110. The zero-order valence-corrected chi connectivity index (χ0v) is 17.2. The Morgan fingerprint density at radius 3 is 2.17 bits per heavy atom. The number of para-hydroxylation sites is 2. The van der Waals surface area contributed by atoms with E-state index in [-0.39, 0.29) is 6.61 Å². The van der Waals surface area contributed by atoms with Crippen LogP contribution in [0, 0.1) is 6.92 Å². The van der Waals surface area contributed by atoms with E-state index in [0.29, 0.717) is 11.6 Å². The lowest BCUT2D eigenvalue weighted by Gasteiger charge is -2.11. The summed E-state index contributed by atoms with van der Waals surface area (Å²) in [4.78, 5) is 14.4. The summed E-state index contributed by atoms with van der Waals surface area (Å²) in [6.07, 6.45) is 0. The van der Waals surface area contributed by atoms with Crippen molar-refractivity contribution in [3.63, 3.8) is 0 Å². The van der Waals surface area contributed by atoms with Gasteiger partial charge in [0.1, 0.15) is 5.75 Å². The summed E-state index contributed by atoms with van der Waals surface area (Å²) in [5.41, 5.74) is 1.59. The number of carbonyl (C=O) groups is 1. The number of nitrogens with zero attached hydrogens (tertiary/aromatic N) is 2. The normalized spacial score (nSPS) is 10.6. The summed E-state index contributed by atoms with van der Waals surface area (Å²) in [5, 5.41) is 4.63. The highest BCUT2D eigenvalue weighted by atomic mass is 32.2. The van der Waals surface area contributed by atoms with E-state index < -0.39 is 5.97 Å². The number of ether oxygens (including phenoxy) is 2. The van der Waals surface area contributed by atoms with Gasteiger partial charge in [-0.3, -0.25) is 0 Å². The maximum atomic E-state index is 12.6. The molecule has 5 nitrogen and oxygen atoms in total. The van der Waals surface area contributed by atoms with E-state index in [1.807, 2.05) is 85.8 Å². The predicted molar refractivity (Wildman–Crippen MR) is 116 cm³/mol. The molecule has 0 bridgehead atoms. The molecule has 0 spiro atoms. The average Bonchev–Trinajstić information content (AvgIpc) is 3.09. The average molecular weight is 417 g/mol. The minimum absolute atomic E-state index is 0.196. The molecule has 0 saturated carbocycles. The fraction of sp³-hybridized carbons (Fsp3) is 0.0833. The van der Waals surface area contributed by atoms with Crippen molar-refractivity contribution in [2.24, 2.45) is 0 Å². The fourth-order valence-corrected chi connectivity index (χ4v) is 3.78. The van der Waals surface area contributed by atoms with Gasteiger partial charge in [-0.2, -0.15) is 9.78 Å². The summed E-state index contributed by atoms with van der Waals surface area (Å²) >= 11 is 1.51. The molecule has 3 aromatic carbocycles. The Morgan fingerprint density at radius 1 is 0.900 bits per heavy atom. The number of carbonyl (C=O) groups excluding carboxylic acids is 1. The van der Waals surface area contributed by atoms with Crippen molar-refractivity contribution in [1.82, 2.24) is 9.78 Å². The molecule has 0 aliphatic rings. The third kappa shape index (κ3) is 4.72. The van der Waals surface area contributed by atoms with Crippen LogP contribution in [0.1, 0.15) is 5.69 Å². The van der Waals surface area contributed by atoms with Crippen molar-refractivity contribution >= 4 is 17.7 Å². The molecule has 0 fully saturated rings. The Morgan fingerprint density at radius 2 is 1.50 bits per heavy atom. The first-order valence-corrected chi connectivity index (χ1v) is 10.3. The Labute approximate surface area is 179 Å². The number of hydrogen-bond donors (Lipinski definition) is 0. The number of aromatic nitrogens is 2. The third-order valence-corrected chi connectivity index (χ3v) is 5.42. The molecule has 0 aliphatic heterocycles. The summed E-state index contributed by atoms with van der Waals surface area (Å²) in [5.74, 6) is 0.501. The van der Waals surface area contributed by atoms with Crippen LogP contribution in [-0.2, 0) is 4.79 Å². The molecule has 0 unspecified atom stereocenters. The topological polar surface area (TPSA) is 53.4 Å². The van der Waals surface area contributed by atoms with Crippen molar-refractivity contribution in [2.45, 2.75) is 16.7 Å². The van der Waals surface area contributed by atoms with Gasteiger partial charge in [0.15, 0.2) is 6.61 Å². The first-order valence-electron chi connectivity index (χ1n) is 9.47. The maximum absolute atomic E-state index is 12.6. The molecule has 150 valence electrons. The van der Waals surface area contributed by atoms with Crippen LogP contribution in [0.2, 0.25) is 0 Å².